The van der Waals surface area contributed by atoms with Crippen LogP contribution in [0, 0.1) is 64.2 Å². The topological polar surface area (TPSA) is 0 Å². The predicted octanol–water partition coefficient (Wildman–Crippen LogP) is 4.09. The Labute approximate surface area is 111 Å². The molecule has 0 aliphatic rings. The average Bonchev–Trinajstić information content (AvgIpc) is 1.79. The van der Waals surface area contributed by atoms with Gasteiger partial charge in [-0.05, 0) is 64.2 Å². The van der Waals surface area contributed by atoms with Gasteiger partial charge >= 0.3 is 0 Å². The van der Waals surface area contributed by atoms with Crippen LogP contribution in [0.4, 0.5) is 0 Å². The van der Waals surface area contributed by atoms with Crippen LogP contribution in [0.5, 0.6) is 0 Å². The molecule has 0 aromatic heterocycles. The Morgan fingerprint density at radius 2 is 0.733 bits per heavy atom. The molecular weight excluding hydrogens is 269 g/mol. The van der Waals surface area contributed by atoms with E-state index in [1.54, 1.807) is 0 Å². The molecule has 0 aliphatic carbocycles. The molecule has 0 aliphatic heterocycles. The molecule has 15 heavy (non-hydrogen) atoms. The molecular formula is C14H22Ru. The summed E-state index contributed by atoms with van der Waals surface area (Å²) in [7, 11) is 0. The van der Waals surface area contributed by atoms with Crippen LogP contribution in [-0.2, 0) is 19.5 Å². The van der Waals surface area contributed by atoms with Gasteiger partial charge in [0.05, 0.1) is 0 Å². The zero-order valence-electron chi connectivity index (χ0n) is 10.3. The minimum absolute atomic E-state index is 0. The van der Waals surface area contributed by atoms with E-state index in [0.29, 0.717) is 0 Å². The molecule has 0 saturated heterocycles. The molecule has 0 fully saturated rings. The second-order valence-electron chi connectivity index (χ2n) is 3.67. The van der Waals surface area contributed by atoms with Crippen LogP contribution in [0.25, 0.3) is 0 Å². The molecule has 0 N–H and O–H groups in total. The molecule has 0 bridgehead atoms. The molecule has 0 aromatic rings. The van der Waals surface area contributed by atoms with Crippen LogP contribution in [0.1, 0.15) is 27.7 Å². The van der Waals surface area contributed by atoms with E-state index < -0.39 is 0 Å². The van der Waals surface area contributed by atoms with Gasteiger partial charge in [0.25, 0.3) is 0 Å². The van der Waals surface area contributed by atoms with Gasteiger partial charge in [-0.3, -0.25) is 0 Å². The first-order valence-electron chi connectivity index (χ1n) is 4.57. The van der Waals surface area contributed by atoms with Crippen molar-refractivity contribution in [3.8, 4) is 0 Å². The molecule has 0 saturated carbocycles. The van der Waals surface area contributed by atoms with Crippen molar-refractivity contribution in [2.75, 3.05) is 0 Å². The van der Waals surface area contributed by atoms with Crippen LogP contribution in [-0.4, -0.2) is 0 Å². The van der Waals surface area contributed by atoms with Gasteiger partial charge in [-0.1, -0.05) is 27.7 Å². The molecule has 0 rings (SSSR count). The van der Waals surface area contributed by atoms with Gasteiger partial charge in [-0.25, -0.2) is 0 Å². The van der Waals surface area contributed by atoms with Crippen molar-refractivity contribution in [2.24, 2.45) is 0 Å². The normalized spacial score (nSPS) is 10.4. The third-order valence-electron chi connectivity index (χ3n) is 0.986. The van der Waals surface area contributed by atoms with E-state index in [2.05, 4.69) is 27.7 Å². The smallest absolute Gasteiger partial charge is 0 e. The fourth-order valence-corrected chi connectivity index (χ4v) is 0.841. The van der Waals surface area contributed by atoms with E-state index in [0.717, 1.165) is 23.7 Å². The fourth-order valence-electron chi connectivity index (χ4n) is 0.841. The first-order chi connectivity index (χ1) is 6.25. The van der Waals surface area contributed by atoms with E-state index >= 15 is 0 Å². The molecule has 0 aromatic carbocycles. The van der Waals surface area contributed by atoms with Crippen molar-refractivity contribution < 1.29 is 19.5 Å². The Bertz CT molecular complexity index is 77.9. The summed E-state index contributed by atoms with van der Waals surface area (Å²) < 4.78 is 0. The number of hydrogen-bond donors (Lipinski definition) is 0. The predicted molar refractivity (Wildman–Crippen MR) is 65.7 cm³/mol. The first kappa shape index (κ1) is 21.0. The van der Waals surface area contributed by atoms with Crippen molar-refractivity contribution >= 4 is 0 Å². The Kier molecular flexibility index (Phi) is 17.7. The summed E-state index contributed by atoms with van der Waals surface area (Å²) in [6.07, 6.45) is 3.89. The van der Waals surface area contributed by atoms with Gasteiger partial charge in [-0.2, -0.15) is 0 Å². The summed E-state index contributed by atoms with van der Waals surface area (Å²) in [5, 5.41) is 0. The van der Waals surface area contributed by atoms with Crippen LogP contribution < -0.4 is 0 Å². The maximum atomic E-state index is 3.68. The molecule has 0 unspecified atom stereocenters. The third-order valence-corrected chi connectivity index (χ3v) is 0.986. The number of rotatable bonds is 4. The second-order valence-corrected chi connectivity index (χ2v) is 3.67. The molecule has 1 heteroatoms. The summed E-state index contributed by atoms with van der Waals surface area (Å²) in [4.78, 5) is 0. The van der Waals surface area contributed by atoms with Crippen molar-refractivity contribution in [2.45, 2.75) is 27.7 Å². The second kappa shape index (κ2) is 12.7. The van der Waals surface area contributed by atoms with Crippen molar-refractivity contribution in [1.82, 2.24) is 0 Å². The maximum absolute atomic E-state index is 3.68. The zero-order chi connectivity index (χ0) is 11.7. The van der Waals surface area contributed by atoms with Gasteiger partial charge in [0.1, 0.15) is 0 Å². The molecule has 10 radical (unpaired) electrons. The molecule has 0 atom stereocenters. The van der Waals surface area contributed by atoms with Gasteiger partial charge in [-0.15, -0.1) is 0 Å². The van der Waals surface area contributed by atoms with Gasteiger partial charge in [0, 0.05) is 19.5 Å². The molecule has 86 valence electrons. The Morgan fingerprint density at radius 3 is 0.733 bits per heavy atom. The minimum atomic E-state index is 0. The minimum Gasteiger partial charge on any atom is -0.0588 e. The summed E-state index contributed by atoms with van der Waals surface area (Å²) in [5.74, 6) is 4.25. The van der Waals surface area contributed by atoms with Crippen molar-refractivity contribution in [1.29, 1.82) is 0 Å². The molecule has 0 spiro atoms. The van der Waals surface area contributed by atoms with E-state index in [1.807, 2.05) is 40.5 Å². The van der Waals surface area contributed by atoms with Crippen molar-refractivity contribution in [3.05, 3.63) is 64.2 Å². The zero-order valence-corrected chi connectivity index (χ0v) is 12.1. The van der Waals surface area contributed by atoms with E-state index in [4.69, 9.17) is 0 Å². The van der Waals surface area contributed by atoms with Gasteiger partial charge < -0.3 is 0 Å². The third kappa shape index (κ3) is 31.3. The van der Waals surface area contributed by atoms with Gasteiger partial charge in [0.15, 0.2) is 0 Å². The summed E-state index contributed by atoms with van der Waals surface area (Å²) in [6, 6.07) is 0. The van der Waals surface area contributed by atoms with E-state index in [9.17, 15) is 0 Å². The summed E-state index contributed by atoms with van der Waals surface area (Å²) in [6.45, 7) is 22.5. The fraction of sp³-hybridized carbons (Fsp3) is 0.286. The Balaban J connectivity index is -0.000000180. The maximum Gasteiger partial charge on any atom is 0 e. The average molecular weight is 291 g/mol. The van der Waals surface area contributed by atoms with E-state index in [1.165, 1.54) is 0 Å². The quantitative estimate of drug-likeness (QED) is 0.684. The SMILES string of the molecule is [CH2][C](C)[CH][C]([CH2])C.[CH2][C](C)[CH][C]([CH2])C.[Ru]. The van der Waals surface area contributed by atoms with Crippen LogP contribution in [0.2, 0.25) is 0 Å². The van der Waals surface area contributed by atoms with Crippen LogP contribution >= 0.6 is 0 Å². The summed E-state index contributed by atoms with van der Waals surface area (Å²) >= 11 is 0. The van der Waals surface area contributed by atoms with Crippen LogP contribution in [0.3, 0.4) is 0 Å². The number of hydrogen-bond acceptors (Lipinski definition) is 0. The monoisotopic (exact) mass is 292 g/mol. The standard InChI is InChI=1S/2C7H11.Ru/c2*1-6(2)5-7(3)4;/h2*5H,1,3H2,2,4H3;. The van der Waals surface area contributed by atoms with E-state index in [-0.39, 0.29) is 19.5 Å². The molecule has 0 heterocycles. The Hall–Kier alpha value is 0.623. The molecule has 0 amide bonds. The van der Waals surface area contributed by atoms with Crippen molar-refractivity contribution in [3.63, 3.8) is 0 Å². The first-order valence-corrected chi connectivity index (χ1v) is 4.57. The van der Waals surface area contributed by atoms with Gasteiger partial charge in [0.2, 0.25) is 0 Å². The van der Waals surface area contributed by atoms with Crippen LogP contribution in [0.15, 0.2) is 0 Å². The Morgan fingerprint density at radius 1 is 0.600 bits per heavy atom. The largest absolute Gasteiger partial charge is 0.0588 e. The molecule has 0 nitrogen and oxygen atoms in total. The summed E-state index contributed by atoms with van der Waals surface area (Å²) in [5.41, 5.74) is 0.